The molecule has 1 aliphatic heterocycles. The zero-order chi connectivity index (χ0) is 16.8. The molecule has 0 saturated carbocycles. The smallest absolute Gasteiger partial charge is 0.349 e. The summed E-state index contributed by atoms with van der Waals surface area (Å²) in [5, 5.41) is 1.80. The molecule has 0 amide bonds. The van der Waals surface area contributed by atoms with Gasteiger partial charge in [-0.3, -0.25) is 4.98 Å². The van der Waals surface area contributed by atoms with Crippen LogP contribution in [0.25, 0.3) is 0 Å². The van der Waals surface area contributed by atoms with E-state index in [1.54, 1.807) is 17.5 Å². The first kappa shape index (κ1) is 18.3. The van der Waals surface area contributed by atoms with E-state index in [1.807, 2.05) is 18.2 Å². The molecule has 122 valence electrons. The van der Waals surface area contributed by atoms with E-state index in [4.69, 9.17) is 4.84 Å². The monoisotopic (exact) mass is 305 g/mol. The van der Waals surface area contributed by atoms with Gasteiger partial charge < -0.3 is 9.74 Å². The fourth-order valence-corrected chi connectivity index (χ4v) is 3.01. The maximum atomic E-state index is 11.3. The molecule has 1 saturated heterocycles. The SMILES string of the molecule is C=CC(=O)ON1C(C)(C)CN(C)CC1(C)C.c1ccncc1. The Kier molecular flexibility index (Phi) is 6.26. The molecule has 2 rings (SSSR count). The van der Waals surface area contributed by atoms with Gasteiger partial charge in [0.2, 0.25) is 0 Å². The molecule has 22 heavy (non-hydrogen) atoms. The third kappa shape index (κ3) is 5.24. The lowest BCUT2D eigenvalue weighted by Gasteiger charge is -2.53. The number of likely N-dealkylation sites (N-methyl/N-ethyl adjacent to an activating group) is 1. The number of carbonyl (C=O) groups is 1. The van der Waals surface area contributed by atoms with Crippen molar-refractivity contribution in [2.45, 2.75) is 38.8 Å². The summed E-state index contributed by atoms with van der Waals surface area (Å²) in [6.45, 7) is 13.4. The van der Waals surface area contributed by atoms with Gasteiger partial charge in [-0.15, -0.1) is 5.06 Å². The van der Waals surface area contributed by atoms with E-state index >= 15 is 0 Å². The van der Waals surface area contributed by atoms with Gasteiger partial charge in [-0.05, 0) is 46.9 Å². The molecule has 0 spiro atoms. The molecule has 0 unspecified atom stereocenters. The molecule has 1 aromatic heterocycles. The summed E-state index contributed by atoms with van der Waals surface area (Å²) in [5.41, 5.74) is -0.398. The van der Waals surface area contributed by atoms with Gasteiger partial charge in [-0.1, -0.05) is 12.6 Å². The Labute approximate surface area is 133 Å². The van der Waals surface area contributed by atoms with Crippen LogP contribution >= 0.6 is 0 Å². The molecule has 2 heterocycles. The van der Waals surface area contributed by atoms with E-state index in [2.05, 4.69) is 51.2 Å². The van der Waals surface area contributed by atoms with Gasteiger partial charge in [0.15, 0.2) is 0 Å². The van der Waals surface area contributed by atoms with Gasteiger partial charge in [0.1, 0.15) is 0 Å². The number of hydrogen-bond acceptors (Lipinski definition) is 5. The fraction of sp³-hybridized carbons (Fsp3) is 0.529. The van der Waals surface area contributed by atoms with Crippen molar-refractivity contribution in [1.29, 1.82) is 0 Å². The third-order valence-electron chi connectivity index (χ3n) is 3.33. The van der Waals surface area contributed by atoms with E-state index in [9.17, 15) is 4.79 Å². The summed E-state index contributed by atoms with van der Waals surface area (Å²) in [6, 6.07) is 5.72. The molecule has 0 aromatic carbocycles. The van der Waals surface area contributed by atoms with Gasteiger partial charge in [-0.2, -0.15) is 0 Å². The number of nitrogens with zero attached hydrogens (tertiary/aromatic N) is 3. The Balaban J connectivity index is 0.000000335. The lowest BCUT2D eigenvalue weighted by Crippen LogP contribution is -2.67. The lowest BCUT2D eigenvalue weighted by molar-refractivity contribution is -0.268. The first-order valence-electron chi connectivity index (χ1n) is 7.37. The molecular formula is C17H27N3O2. The average Bonchev–Trinajstić information content (AvgIpc) is 2.44. The number of carbonyl (C=O) groups excluding carboxylic acids is 1. The molecule has 0 atom stereocenters. The third-order valence-corrected chi connectivity index (χ3v) is 3.33. The molecule has 0 radical (unpaired) electrons. The van der Waals surface area contributed by atoms with E-state index in [1.165, 1.54) is 6.08 Å². The Bertz CT molecular complexity index is 441. The highest BCUT2D eigenvalue weighted by Crippen LogP contribution is 2.31. The van der Waals surface area contributed by atoms with Crippen LogP contribution in [0.1, 0.15) is 27.7 Å². The zero-order valence-electron chi connectivity index (χ0n) is 14.2. The first-order valence-corrected chi connectivity index (χ1v) is 7.37. The molecule has 0 N–H and O–H groups in total. The van der Waals surface area contributed by atoms with Crippen molar-refractivity contribution in [2.24, 2.45) is 0 Å². The van der Waals surface area contributed by atoms with E-state index < -0.39 is 5.97 Å². The van der Waals surface area contributed by atoms with Crippen LogP contribution in [-0.2, 0) is 9.63 Å². The lowest BCUT2D eigenvalue weighted by atomic mass is 9.91. The van der Waals surface area contributed by atoms with Crippen LogP contribution in [-0.4, -0.2) is 52.1 Å². The highest BCUT2D eigenvalue weighted by Gasteiger charge is 2.46. The maximum absolute atomic E-state index is 11.3. The zero-order valence-corrected chi connectivity index (χ0v) is 14.2. The predicted molar refractivity (Wildman–Crippen MR) is 88.0 cm³/mol. The second kappa shape index (κ2) is 7.51. The van der Waals surface area contributed by atoms with E-state index in [0.29, 0.717) is 0 Å². The van der Waals surface area contributed by atoms with Crippen molar-refractivity contribution in [3.8, 4) is 0 Å². The number of piperazine rings is 1. The summed E-state index contributed by atoms with van der Waals surface area (Å²) in [7, 11) is 2.08. The molecule has 1 aliphatic rings. The highest BCUT2D eigenvalue weighted by atomic mass is 16.7. The number of pyridine rings is 1. The molecule has 0 bridgehead atoms. The van der Waals surface area contributed by atoms with Gasteiger partial charge in [0.05, 0.1) is 11.1 Å². The van der Waals surface area contributed by atoms with Gasteiger partial charge in [-0.25, -0.2) is 4.79 Å². The molecule has 0 aliphatic carbocycles. The second-order valence-electron chi connectivity index (χ2n) is 6.73. The Hall–Kier alpha value is -1.72. The van der Waals surface area contributed by atoms with E-state index in [0.717, 1.165) is 13.1 Å². The van der Waals surface area contributed by atoms with Crippen LogP contribution in [0.5, 0.6) is 0 Å². The minimum absolute atomic E-state index is 0.199. The van der Waals surface area contributed by atoms with Crippen LogP contribution in [0.4, 0.5) is 0 Å². The quantitative estimate of drug-likeness (QED) is 0.786. The van der Waals surface area contributed by atoms with Crippen LogP contribution in [0, 0.1) is 0 Å². The standard InChI is InChI=1S/C12H22N2O2.C5H5N/c1-7-10(15)16-14-11(2,3)8-13(6)9-12(14,4)5;1-2-4-6-5-3-1/h7H,1,8-9H2,2-6H3;1-5H. The number of rotatable bonds is 2. The molecule has 1 aromatic rings. The number of aromatic nitrogens is 1. The van der Waals surface area contributed by atoms with Gasteiger partial charge in [0, 0.05) is 31.6 Å². The molecular weight excluding hydrogens is 278 g/mol. The normalized spacial score (nSPS) is 20.4. The minimum Gasteiger partial charge on any atom is -0.363 e. The van der Waals surface area contributed by atoms with Crippen molar-refractivity contribution in [2.75, 3.05) is 20.1 Å². The minimum atomic E-state index is -0.397. The topological polar surface area (TPSA) is 45.7 Å². The summed E-state index contributed by atoms with van der Waals surface area (Å²) >= 11 is 0. The summed E-state index contributed by atoms with van der Waals surface area (Å²) < 4.78 is 0. The number of hydroxylamine groups is 2. The Morgan fingerprint density at radius 2 is 1.64 bits per heavy atom. The predicted octanol–water partition coefficient (Wildman–Crippen LogP) is 2.52. The largest absolute Gasteiger partial charge is 0.363 e. The van der Waals surface area contributed by atoms with Gasteiger partial charge in [0.25, 0.3) is 0 Å². The second-order valence-corrected chi connectivity index (χ2v) is 6.73. The Morgan fingerprint density at radius 1 is 1.14 bits per heavy atom. The van der Waals surface area contributed by atoms with Crippen molar-refractivity contribution in [1.82, 2.24) is 14.9 Å². The molecule has 1 fully saturated rings. The van der Waals surface area contributed by atoms with Crippen LogP contribution < -0.4 is 0 Å². The van der Waals surface area contributed by atoms with Crippen LogP contribution in [0.15, 0.2) is 43.2 Å². The fourth-order valence-electron chi connectivity index (χ4n) is 3.01. The Morgan fingerprint density at radius 3 is 1.95 bits per heavy atom. The summed E-state index contributed by atoms with van der Waals surface area (Å²) in [4.78, 5) is 22.7. The molecule has 5 heteroatoms. The number of hydrogen-bond donors (Lipinski definition) is 0. The first-order chi connectivity index (χ1) is 10.2. The van der Waals surface area contributed by atoms with Crippen LogP contribution in [0.3, 0.4) is 0 Å². The van der Waals surface area contributed by atoms with Crippen molar-refractivity contribution in [3.05, 3.63) is 43.2 Å². The average molecular weight is 305 g/mol. The van der Waals surface area contributed by atoms with Crippen LogP contribution in [0.2, 0.25) is 0 Å². The van der Waals surface area contributed by atoms with E-state index in [-0.39, 0.29) is 11.1 Å². The summed E-state index contributed by atoms with van der Waals surface area (Å²) in [5.74, 6) is -0.397. The summed E-state index contributed by atoms with van der Waals surface area (Å²) in [6.07, 6.45) is 4.70. The molecule has 5 nitrogen and oxygen atoms in total. The highest BCUT2D eigenvalue weighted by molar-refractivity contribution is 5.81. The maximum Gasteiger partial charge on any atom is 0.349 e. The van der Waals surface area contributed by atoms with Crippen molar-refractivity contribution in [3.63, 3.8) is 0 Å². The van der Waals surface area contributed by atoms with Crippen molar-refractivity contribution < 1.29 is 9.63 Å². The van der Waals surface area contributed by atoms with Gasteiger partial charge >= 0.3 is 5.97 Å². The van der Waals surface area contributed by atoms with Crippen molar-refractivity contribution >= 4 is 5.97 Å².